The van der Waals surface area contributed by atoms with E-state index < -0.39 is 5.54 Å². The van der Waals surface area contributed by atoms with Crippen LogP contribution in [0, 0.1) is 29.6 Å². The zero-order valence-corrected chi connectivity index (χ0v) is 12.3. The number of carbonyl (C=O) groups excluding carboxylic acids is 1. The molecule has 4 aliphatic carbocycles. The Morgan fingerprint density at radius 1 is 1.11 bits per heavy atom. The third kappa shape index (κ3) is 2.67. The average Bonchev–Trinajstić information content (AvgIpc) is 2.30. The van der Waals surface area contributed by atoms with Crippen molar-refractivity contribution in [3.63, 3.8) is 0 Å². The molecule has 0 aromatic carbocycles. The molecule has 3 heteroatoms. The summed E-state index contributed by atoms with van der Waals surface area (Å²) in [5, 5.41) is 3.02. The molecule has 4 saturated carbocycles. The summed E-state index contributed by atoms with van der Waals surface area (Å²) in [4.78, 5) is 11.8. The molecule has 0 aliphatic heterocycles. The van der Waals surface area contributed by atoms with Gasteiger partial charge in [0.2, 0.25) is 5.91 Å². The molecule has 0 aromatic heterocycles. The van der Waals surface area contributed by atoms with Crippen LogP contribution in [0.4, 0.5) is 0 Å². The largest absolute Gasteiger partial charge is 0.355 e. The van der Waals surface area contributed by atoms with Gasteiger partial charge in [-0.05, 0) is 82.0 Å². The lowest BCUT2D eigenvalue weighted by molar-refractivity contribution is -0.125. The Morgan fingerprint density at radius 2 is 1.63 bits per heavy atom. The van der Waals surface area contributed by atoms with Gasteiger partial charge in [-0.15, -0.1) is 0 Å². The zero-order chi connectivity index (χ0) is 13.6. The molecule has 4 aliphatic rings. The fraction of sp³-hybridized carbons (Fsp3) is 0.938. The lowest BCUT2D eigenvalue weighted by Crippen LogP contribution is -2.50. The first-order valence-electron chi connectivity index (χ1n) is 8.00. The maximum atomic E-state index is 11.8. The number of amides is 1. The average molecular weight is 264 g/mol. The fourth-order valence-corrected chi connectivity index (χ4v) is 5.09. The van der Waals surface area contributed by atoms with Crippen LogP contribution >= 0.6 is 0 Å². The van der Waals surface area contributed by atoms with Gasteiger partial charge in [0.1, 0.15) is 0 Å². The van der Waals surface area contributed by atoms with Crippen molar-refractivity contribution in [2.45, 2.75) is 57.9 Å². The quantitative estimate of drug-likeness (QED) is 0.818. The van der Waals surface area contributed by atoms with Crippen molar-refractivity contribution in [2.24, 2.45) is 35.3 Å². The lowest BCUT2D eigenvalue weighted by Gasteiger charge is -2.54. The Bertz CT molecular complexity index is 330. The van der Waals surface area contributed by atoms with Crippen LogP contribution in [0.25, 0.3) is 0 Å². The van der Waals surface area contributed by atoms with E-state index in [0.29, 0.717) is 0 Å². The van der Waals surface area contributed by atoms with E-state index in [9.17, 15) is 4.79 Å². The zero-order valence-electron chi connectivity index (χ0n) is 12.3. The van der Waals surface area contributed by atoms with Gasteiger partial charge in [0.05, 0.1) is 5.54 Å². The molecule has 0 unspecified atom stereocenters. The second-order valence-corrected chi connectivity index (χ2v) is 7.86. The highest BCUT2D eigenvalue weighted by Crippen LogP contribution is 2.57. The van der Waals surface area contributed by atoms with Crippen molar-refractivity contribution in [2.75, 3.05) is 6.54 Å². The summed E-state index contributed by atoms with van der Waals surface area (Å²) < 4.78 is 0. The second-order valence-electron chi connectivity index (χ2n) is 7.86. The standard InChI is InChI=1S/C16H28N2O/c1-16(2,17)15(19)18-4-3-14-12-6-10-5-11(8-12)9-13(14)7-10/h10-14H,3-9,17H2,1-2H3,(H,18,19). The van der Waals surface area contributed by atoms with Crippen molar-refractivity contribution >= 4 is 5.91 Å². The third-order valence-corrected chi connectivity index (χ3v) is 5.77. The summed E-state index contributed by atoms with van der Waals surface area (Å²) in [5.74, 6) is 4.84. The van der Waals surface area contributed by atoms with Crippen LogP contribution in [0.5, 0.6) is 0 Å². The SMILES string of the molecule is CC(C)(N)C(=O)NCCC1C2CC3CC(C2)CC1C3. The Hall–Kier alpha value is -0.570. The van der Waals surface area contributed by atoms with Crippen LogP contribution in [0.1, 0.15) is 52.4 Å². The van der Waals surface area contributed by atoms with Crippen LogP contribution in [0.2, 0.25) is 0 Å². The van der Waals surface area contributed by atoms with Crippen LogP contribution < -0.4 is 11.1 Å². The van der Waals surface area contributed by atoms with E-state index in [1.807, 2.05) is 0 Å². The molecular formula is C16H28N2O. The molecule has 3 nitrogen and oxygen atoms in total. The minimum Gasteiger partial charge on any atom is -0.355 e. The molecule has 19 heavy (non-hydrogen) atoms. The van der Waals surface area contributed by atoms with Gasteiger partial charge in [0, 0.05) is 6.54 Å². The van der Waals surface area contributed by atoms with Gasteiger partial charge in [0.25, 0.3) is 0 Å². The summed E-state index contributed by atoms with van der Waals surface area (Å²) in [6, 6.07) is 0. The molecule has 0 atom stereocenters. The first-order valence-corrected chi connectivity index (χ1v) is 8.00. The molecule has 1 amide bonds. The topological polar surface area (TPSA) is 55.1 Å². The Morgan fingerprint density at radius 3 is 2.11 bits per heavy atom. The molecule has 0 spiro atoms. The van der Waals surface area contributed by atoms with E-state index in [4.69, 9.17) is 5.73 Å². The number of nitrogens with one attached hydrogen (secondary N) is 1. The van der Waals surface area contributed by atoms with Crippen LogP contribution in [-0.2, 0) is 4.79 Å². The minimum absolute atomic E-state index is 0.0173. The molecule has 108 valence electrons. The van der Waals surface area contributed by atoms with E-state index in [2.05, 4.69) is 5.32 Å². The molecular weight excluding hydrogens is 236 g/mol. The normalized spacial score (nSPS) is 40.5. The second kappa shape index (κ2) is 4.76. The molecule has 4 rings (SSSR count). The van der Waals surface area contributed by atoms with Crippen LogP contribution in [-0.4, -0.2) is 18.0 Å². The van der Waals surface area contributed by atoms with E-state index in [-0.39, 0.29) is 5.91 Å². The molecule has 4 bridgehead atoms. The lowest BCUT2D eigenvalue weighted by atomic mass is 9.51. The fourth-order valence-electron chi connectivity index (χ4n) is 5.09. The van der Waals surface area contributed by atoms with E-state index >= 15 is 0 Å². The first-order chi connectivity index (χ1) is 8.93. The van der Waals surface area contributed by atoms with Crippen LogP contribution in [0.15, 0.2) is 0 Å². The van der Waals surface area contributed by atoms with E-state index in [1.54, 1.807) is 13.8 Å². The first kappa shape index (κ1) is 13.4. The number of rotatable bonds is 4. The van der Waals surface area contributed by atoms with Gasteiger partial charge >= 0.3 is 0 Å². The highest BCUT2D eigenvalue weighted by molar-refractivity contribution is 5.84. The molecule has 0 radical (unpaired) electrons. The summed E-state index contributed by atoms with van der Waals surface area (Å²) in [6.45, 7) is 4.35. The van der Waals surface area contributed by atoms with Gasteiger partial charge in [-0.25, -0.2) is 0 Å². The molecule has 4 fully saturated rings. The predicted octanol–water partition coefficient (Wildman–Crippen LogP) is 2.30. The maximum absolute atomic E-state index is 11.8. The summed E-state index contributed by atoms with van der Waals surface area (Å²) in [5.41, 5.74) is 5.06. The van der Waals surface area contributed by atoms with Gasteiger partial charge < -0.3 is 11.1 Å². The Kier molecular flexibility index (Phi) is 3.36. The monoisotopic (exact) mass is 264 g/mol. The minimum atomic E-state index is -0.746. The van der Waals surface area contributed by atoms with Gasteiger partial charge in [-0.2, -0.15) is 0 Å². The van der Waals surface area contributed by atoms with Crippen molar-refractivity contribution < 1.29 is 4.79 Å². The highest BCUT2D eigenvalue weighted by Gasteiger charge is 2.47. The molecule has 0 saturated heterocycles. The maximum Gasteiger partial charge on any atom is 0.239 e. The van der Waals surface area contributed by atoms with Crippen molar-refractivity contribution in [1.82, 2.24) is 5.32 Å². The number of carbonyl (C=O) groups is 1. The van der Waals surface area contributed by atoms with E-state index in [1.165, 1.54) is 32.1 Å². The summed E-state index contributed by atoms with van der Waals surface area (Å²) in [7, 11) is 0. The van der Waals surface area contributed by atoms with Gasteiger partial charge in [0.15, 0.2) is 0 Å². The predicted molar refractivity (Wildman–Crippen MR) is 76.4 cm³/mol. The molecule has 3 N–H and O–H groups in total. The Labute approximate surface area is 116 Å². The summed E-state index contributed by atoms with van der Waals surface area (Å²) >= 11 is 0. The van der Waals surface area contributed by atoms with E-state index in [0.717, 1.165) is 42.6 Å². The summed E-state index contributed by atoms with van der Waals surface area (Å²) in [6.07, 6.45) is 8.54. The number of nitrogens with two attached hydrogens (primary N) is 1. The van der Waals surface area contributed by atoms with Gasteiger partial charge in [-0.1, -0.05) is 0 Å². The van der Waals surface area contributed by atoms with Crippen molar-refractivity contribution in [3.05, 3.63) is 0 Å². The van der Waals surface area contributed by atoms with Crippen molar-refractivity contribution in [3.8, 4) is 0 Å². The molecule has 0 aromatic rings. The smallest absolute Gasteiger partial charge is 0.239 e. The number of hydrogen-bond donors (Lipinski definition) is 2. The highest BCUT2D eigenvalue weighted by atomic mass is 16.2. The number of hydrogen-bond acceptors (Lipinski definition) is 2. The molecule has 0 heterocycles. The van der Waals surface area contributed by atoms with Gasteiger partial charge in [-0.3, -0.25) is 4.79 Å². The third-order valence-electron chi connectivity index (χ3n) is 5.77. The van der Waals surface area contributed by atoms with Crippen molar-refractivity contribution in [1.29, 1.82) is 0 Å². The van der Waals surface area contributed by atoms with Crippen LogP contribution in [0.3, 0.4) is 0 Å². The Balaban J connectivity index is 1.50.